The number of likely N-dealkylation sites (tertiary alicyclic amines) is 1. The number of anilines is 1. The number of halogens is 2. The number of amides is 1. The van der Waals surface area contributed by atoms with Crippen LogP contribution in [0.1, 0.15) is 33.6 Å². The molecule has 1 heterocycles. The Bertz CT molecular complexity index is 545. The van der Waals surface area contributed by atoms with Gasteiger partial charge in [0.1, 0.15) is 11.4 Å². The fourth-order valence-electron chi connectivity index (χ4n) is 2.41. The van der Waals surface area contributed by atoms with Crippen molar-refractivity contribution < 1.29 is 13.9 Å². The van der Waals surface area contributed by atoms with Crippen molar-refractivity contribution >= 4 is 27.7 Å². The Morgan fingerprint density at radius 2 is 2.18 bits per heavy atom. The zero-order chi connectivity index (χ0) is 16.3. The van der Waals surface area contributed by atoms with E-state index in [1.54, 1.807) is 11.0 Å². The van der Waals surface area contributed by atoms with Gasteiger partial charge in [0, 0.05) is 29.3 Å². The van der Waals surface area contributed by atoms with Gasteiger partial charge in [0.2, 0.25) is 0 Å². The monoisotopic (exact) mass is 372 g/mol. The van der Waals surface area contributed by atoms with Crippen molar-refractivity contribution in [2.24, 2.45) is 0 Å². The van der Waals surface area contributed by atoms with E-state index in [4.69, 9.17) is 4.74 Å². The number of piperidine rings is 1. The zero-order valence-corrected chi connectivity index (χ0v) is 14.7. The Labute approximate surface area is 139 Å². The molecule has 0 bridgehead atoms. The second kappa shape index (κ2) is 6.86. The maximum absolute atomic E-state index is 13.1. The van der Waals surface area contributed by atoms with E-state index in [2.05, 4.69) is 21.2 Å². The van der Waals surface area contributed by atoms with E-state index in [-0.39, 0.29) is 18.0 Å². The van der Waals surface area contributed by atoms with Crippen LogP contribution in [-0.2, 0) is 4.74 Å². The second-order valence-corrected chi connectivity index (χ2v) is 7.39. The van der Waals surface area contributed by atoms with Crippen LogP contribution in [0.3, 0.4) is 0 Å². The van der Waals surface area contributed by atoms with Crippen molar-refractivity contribution in [3.8, 4) is 0 Å². The van der Waals surface area contributed by atoms with Crippen LogP contribution in [0.15, 0.2) is 22.7 Å². The van der Waals surface area contributed by atoms with Crippen molar-refractivity contribution in [2.45, 2.75) is 45.3 Å². The molecular weight excluding hydrogens is 351 g/mol. The fraction of sp³-hybridized carbons (Fsp3) is 0.562. The smallest absolute Gasteiger partial charge is 0.410 e. The molecule has 1 aliphatic rings. The molecule has 22 heavy (non-hydrogen) atoms. The first-order valence-electron chi connectivity index (χ1n) is 7.44. The van der Waals surface area contributed by atoms with Gasteiger partial charge < -0.3 is 15.0 Å². The lowest BCUT2D eigenvalue weighted by Gasteiger charge is -2.35. The third-order valence-corrected chi connectivity index (χ3v) is 4.02. The molecule has 0 aromatic heterocycles. The van der Waals surface area contributed by atoms with Gasteiger partial charge in [0.05, 0.1) is 0 Å². The lowest BCUT2D eigenvalue weighted by molar-refractivity contribution is 0.0206. The van der Waals surface area contributed by atoms with Crippen LogP contribution in [0.2, 0.25) is 0 Å². The minimum atomic E-state index is -0.489. The van der Waals surface area contributed by atoms with E-state index in [1.807, 2.05) is 20.8 Å². The first-order valence-corrected chi connectivity index (χ1v) is 8.23. The van der Waals surface area contributed by atoms with Gasteiger partial charge in [-0.15, -0.1) is 0 Å². The summed E-state index contributed by atoms with van der Waals surface area (Å²) in [4.78, 5) is 13.9. The summed E-state index contributed by atoms with van der Waals surface area (Å²) in [7, 11) is 0. The molecule has 0 aliphatic carbocycles. The fourth-order valence-corrected chi connectivity index (χ4v) is 2.88. The molecule has 6 heteroatoms. The van der Waals surface area contributed by atoms with Gasteiger partial charge in [-0.05, 0) is 67.7 Å². The number of nitrogens with one attached hydrogen (secondary N) is 1. The lowest BCUT2D eigenvalue weighted by atomic mass is 10.1. The predicted molar refractivity (Wildman–Crippen MR) is 88.6 cm³/mol. The van der Waals surface area contributed by atoms with Crippen molar-refractivity contribution in [3.63, 3.8) is 0 Å². The second-order valence-electron chi connectivity index (χ2n) is 6.53. The summed E-state index contributed by atoms with van der Waals surface area (Å²) in [5.74, 6) is -0.281. The predicted octanol–water partition coefficient (Wildman–Crippen LogP) is 4.40. The normalized spacial score (nSPS) is 19.0. The molecule has 0 radical (unpaired) electrons. The third kappa shape index (κ3) is 4.87. The van der Waals surface area contributed by atoms with Crippen LogP contribution < -0.4 is 5.32 Å². The topological polar surface area (TPSA) is 41.6 Å². The summed E-state index contributed by atoms with van der Waals surface area (Å²) in [5, 5.41) is 3.36. The molecule has 1 unspecified atom stereocenters. The number of carbonyl (C=O) groups excluding carboxylic acids is 1. The molecule has 1 aromatic rings. The standard InChI is InChI=1S/C16H22BrFN2O2/c1-16(2,3)22-15(21)20-8-4-5-12(10-20)19-14-7-6-11(18)9-13(14)17/h6-7,9,12,19H,4-5,8,10H2,1-3H3. The molecule has 0 spiro atoms. The summed E-state index contributed by atoms with van der Waals surface area (Å²) in [6.07, 6.45) is 1.59. The van der Waals surface area contributed by atoms with E-state index in [0.29, 0.717) is 17.6 Å². The van der Waals surface area contributed by atoms with E-state index >= 15 is 0 Å². The van der Waals surface area contributed by atoms with Gasteiger partial charge >= 0.3 is 6.09 Å². The maximum Gasteiger partial charge on any atom is 0.410 e. The summed E-state index contributed by atoms with van der Waals surface area (Å²) in [5.41, 5.74) is 0.342. The van der Waals surface area contributed by atoms with Gasteiger partial charge in [-0.2, -0.15) is 0 Å². The number of benzene rings is 1. The van der Waals surface area contributed by atoms with Gasteiger partial charge in [0.15, 0.2) is 0 Å². The van der Waals surface area contributed by atoms with Crippen molar-refractivity contribution in [2.75, 3.05) is 18.4 Å². The molecule has 1 aliphatic heterocycles. The minimum absolute atomic E-state index is 0.128. The van der Waals surface area contributed by atoms with Crippen molar-refractivity contribution in [1.82, 2.24) is 4.90 Å². The number of nitrogens with zero attached hydrogens (tertiary/aromatic N) is 1. The molecule has 4 nitrogen and oxygen atoms in total. The number of hydrogen-bond donors (Lipinski definition) is 1. The molecule has 122 valence electrons. The van der Waals surface area contributed by atoms with Crippen LogP contribution in [0.25, 0.3) is 0 Å². The molecule has 1 amide bonds. The van der Waals surface area contributed by atoms with Crippen LogP contribution in [0.5, 0.6) is 0 Å². The van der Waals surface area contributed by atoms with Crippen LogP contribution in [0.4, 0.5) is 14.9 Å². The zero-order valence-electron chi connectivity index (χ0n) is 13.2. The van der Waals surface area contributed by atoms with Gasteiger partial charge in [-0.1, -0.05) is 0 Å². The molecule has 1 saturated heterocycles. The van der Waals surface area contributed by atoms with E-state index in [1.165, 1.54) is 12.1 Å². The van der Waals surface area contributed by atoms with E-state index in [0.717, 1.165) is 18.5 Å². The highest BCUT2D eigenvalue weighted by molar-refractivity contribution is 9.10. The number of hydrogen-bond acceptors (Lipinski definition) is 3. The van der Waals surface area contributed by atoms with Gasteiger partial charge in [-0.25, -0.2) is 9.18 Å². The van der Waals surface area contributed by atoms with Crippen LogP contribution >= 0.6 is 15.9 Å². The minimum Gasteiger partial charge on any atom is -0.444 e. The molecule has 1 N–H and O–H groups in total. The quantitative estimate of drug-likeness (QED) is 0.836. The molecule has 2 rings (SSSR count). The highest BCUT2D eigenvalue weighted by Crippen LogP contribution is 2.26. The Balaban J connectivity index is 1.97. The average molecular weight is 373 g/mol. The van der Waals surface area contributed by atoms with Crippen LogP contribution in [0, 0.1) is 5.82 Å². The van der Waals surface area contributed by atoms with Gasteiger partial charge in [-0.3, -0.25) is 0 Å². The molecule has 0 saturated carbocycles. The highest BCUT2D eigenvalue weighted by atomic mass is 79.9. The largest absolute Gasteiger partial charge is 0.444 e. The lowest BCUT2D eigenvalue weighted by Crippen LogP contribution is -2.47. The molecule has 1 fully saturated rings. The Morgan fingerprint density at radius 1 is 1.45 bits per heavy atom. The average Bonchev–Trinajstić information content (AvgIpc) is 2.40. The number of carbonyl (C=O) groups is 1. The Kier molecular flexibility index (Phi) is 5.32. The summed E-state index contributed by atoms with van der Waals surface area (Å²) < 4.78 is 19.2. The van der Waals surface area contributed by atoms with Crippen molar-refractivity contribution in [3.05, 3.63) is 28.5 Å². The first kappa shape index (κ1) is 17.1. The van der Waals surface area contributed by atoms with E-state index in [9.17, 15) is 9.18 Å². The molecular formula is C16H22BrFN2O2. The highest BCUT2D eigenvalue weighted by Gasteiger charge is 2.27. The summed E-state index contributed by atoms with van der Waals surface area (Å²) >= 11 is 3.35. The maximum atomic E-state index is 13.1. The SMILES string of the molecule is CC(C)(C)OC(=O)N1CCCC(Nc2ccc(F)cc2Br)C1. The summed E-state index contributed by atoms with van der Waals surface area (Å²) in [6, 6.07) is 4.67. The van der Waals surface area contributed by atoms with Gasteiger partial charge in [0.25, 0.3) is 0 Å². The molecule has 1 aromatic carbocycles. The van der Waals surface area contributed by atoms with Crippen molar-refractivity contribution in [1.29, 1.82) is 0 Å². The van der Waals surface area contributed by atoms with Crippen LogP contribution in [-0.4, -0.2) is 35.7 Å². The third-order valence-electron chi connectivity index (χ3n) is 3.36. The first-order chi connectivity index (χ1) is 10.2. The number of ether oxygens (including phenoxy) is 1. The Hall–Kier alpha value is -1.30. The number of rotatable bonds is 2. The summed E-state index contributed by atoms with van der Waals surface area (Å²) in [6.45, 7) is 6.87. The van der Waals surface area contributed by atoms with E-state index < -0.39 is 5.60 Å². The Morgan fingerprint density at radius 3 is 2.82 bits per heavy atom. The molecule has 1 atom stereocenters.